The molecule has 0 aliphatic heterocycles. The van der Waals surface area contributed by atoms with Crippen LogP contribution in [0.5, 0.6) is 0 Å². The van der Waals surface area contributed by atoms with E-state index in [0.717, 1.165) is 34.0 Å². The lowest BCUT2D eigenvalue weighted by Crippen LogP contribution is -1.97. The van der Waals surface area contributed by atoms with Gasteiger partial charge in [0.2, 0.25) is 0 Å². The highest BCUT2D eigenvalue weighted by Gasteiger charge is 2.10. The third-order valence-electron chi connectivity index (χ3n) is 3.43. The zero-order valence-corrected chi connectivity index (χ0v) is 12.2. The SMILES string of the molecule is Cc1ccn2ncc(-n3cc(-c4cnc(C)nc4)cn3)c2n1. The molecular formula is C15H13N7. The van der Waals surface area contributed by atoms with Crippen LogP contribution in [0.4, 0.5) is 0 Å². The zero-order valence-electron chi connectivity index (χ0n) is 12.2. The van der Waals surface area contributed by atoms with Crippen LogP contribution < -0.4 is 0 Å². The van der Waals surface area contributed by atoms with E-state index in [0.29, 0.717) is 0 Å². The van der Waals surface area contributed by atoms with Gasteiger partial charge in [0, 0.05) is 41.6 Å². The van der Waals surface area contributed by atoms with Crippen LogP contribution in [0, 0.1) is 13.8 Å². The number of aryl methyl sites for hydroxylation is 2. The van der Waals surface area contributed by atoms with Gasteiger partial charge in [-0.1, -0.05) is 0 Å². The summed E-state index contributed by atoms with van der Waals surface area (Å²) >= 11 is 0. The molecule has 108 valence electrons. The normalized spacial score (nSPS) is 11.2. The number of rotatable bonds is 2. The van der Waals surface area contributed by atoms with Gasteiger partial charge in [0.05, 0.1) is 12.4 Å². The van der Waals surface area contributed by atoms with Gasteiger partial charge in [-0.15, -0.1) is 0 Å². The summed E-state index contributed by atoms with van der Waals surface area (Å²) in [5, 5.41) is 8.70. The van der Waals surface area contributed by atoms with Gasteiger partial charge < -0.3 is 0 Å². The summed E-state index contributed by atoms with van der Waals surface area (Å²) in [4.78, 5) is 12.9. The molecule has 22 heavy (non-hydrogen) atoms. The lowest BCUT2D eigenvalue weighted by Gasteiger charge is -1.99. The smallest absolute Gasteiger partial charge is 0.181 e. The average molecular weight is 291 g/mol. The molecule has 0 atom stereocenters. The molecule has 0 radical (unpaired) electrons. The summed E-state index contributed by atoms with van der Waals surface area (Å²) < 4.78 is 3.50. The summed E-state index contributed by atoms with van der Waals surface area (Å²) in [6, 6.07) is 1.92. The highest BCUT2D eigenvalue weighted by molar-refractivity contribution is 5.63. The molecule has 4 rings (SSSR count). The lowest BCUT2D eigenvalue weighted by molar-refractivity contribution is 0.883. The molecule has 4 aromatic heterocycles. The van der Waals surface area contributed by atoms with E-state index in [1.807, 2.05) is 32.3 Å². The minimum Gasteiger partial charge on any atom is -0.241 e. The van der Waals surface area contributed by atoms with Crippen molar-refractivity contribution in [1.29, 1.82) is 0 Å². The summed E-state index contributed by atoms with van der Waals surface area (Å²) in [7, 11) is 0. The van der Waals surface area contributed by atoms with Crippen molar-refractivity contribution in [2.45, 2.75) is 13.8 Å². The molecule has 0 N–H and O–H groups in total. The minimum absolute atomic E-state index is 0.749. The second-order valence-corrected chi connectivity index (χ2v) is 5.06. The molecule has 7 nitrogen and oxygen atoms in total. The predicted octanol–water partition coefficient (Wildman–Crippen LogP) is 1.99. The van der Waals surface area contributed by atoms with E-state index in [9.17, 15) is 0 Å². The molecule has 0 saturated carbocycles. The topological polar surface area (TPSA) is 73.8 Å². The van der Waals surface area contributed by atoms with Gasteiger partial charge >= 0.3 is 0 Å². The molecule has 4 heterocycles. The standard InChI is InChI=1S/C15H13N7/c1-10-3-4-21-15(20-10)14(8-19-21)22-9-13(7-18-22)12-5-16-11(2)17-6-12/h3-9H,1-2H3. The van der Waals surface area contributed by atoms with Crippen molar-refractivity contribution in [3.63, 3.8) is 0 Å². The molecule has 0 aliphatic carbocycles. The molecule has 4 aromatic rings. The van der Waals surface area contributed by atoms with Crippen LogP contribution in [-0.2, 0) is 0 Å². The average Bonchev–Trinajstić information content (AvgIpc) is 3.14. The largest absolute Gasteiger partial charge is 0.241 e. The van der Waals surface area contributed by atoms with Crippen molar-refractivity contribution in [3.8, 4) is 16.8 Å². The predicted molar refractivity (Wildman–Crippen MR) is 80.6 cm³/mol. The van der Waals surface area contributed by atoms with E-state index in [-0.39, 0.29) is 0 Å². The second kappa shape index (κ2) is 4.73. The van der Waals surface area contributed by atoms with Crippen LogP contribution in [-0.4, -0.2) is 34.3 Å². The Bertz CT molecular complexity index is 950. The fourth-order valence-corrected chi connectivity index (χ4v) is 2.25. The first-order valence-corrected chi connectivity index (χ1v) is 6.86. The molecule has 0 saturated heterocycles. The van der Waals surface area contributed by atoms with Crippen LogP contribution in [0.25, 0.3) is 22.5 Å². The molecule has 0 aliphatic rings. The Balaban J connectivity index is 1.80. The van der Waals surface area contributed by atoms with Gasteiger partial charge in [0.15, 0.2) is 5.65 Å². The Kier molecular flexibility index (Phi) is 2.72. The summed E-state index contributed by atoms with van der Waals surface area (Å²) in [6.07, 6.45) is 10.9. The zero-order chi connectivity index (χ0) is 15.1. The van der Waals surface area contributed by atoms with E-state index in [1.165, 1.54) is 0 Å². The van der Waals surface area contributed by atoms with Crippen LogP contribution in [0.3, 0.4) is 0 Å². The monoisotopic (exact) mass is 291 g/mol. The van der Waals surface area contributed by atoms with Gasteiger partial charge in [-0.2, -0.15) is 10.2 Å². The Morgan fingerprint density at radius 2 is 1.73 bits per heavy atom. The van der Waals surface area contributed by atoms with Gasteiger partial charge in [-0.05, 0) is 19.9 Å². The summed E-state index contributed by atoms with van der Waals surface area (Å²) in [6.45, 7) is 3.81. The molecule has 0 fully saturated rings. The number of hydrogen-bond donors (Lipinski definition) is 0. The quantitative estimate of drug-likeness (QED) is 0.564. The van der Waals surface area contributed by atoms with Crippen LogP contribution in [0.1, 0.15) is 11.5 Å². The van der Waals surface area contributed by atoms with Gasteiger partial charge in [0.25, 0.3) is 0 Å². The maximum Gasteiger partial charge on any atom is 0.181 e. The molecule has 0 amide bonds. The molecule has 0 bridgehead atoms. The van der Waals surface area contributed by atoms with Crippen LogP contribution in [0.15, 0.2) is 43.2 Å². The van der Waals surface area contributed by atoms with Crippen molar-refractivity contribution in [3.05, 3.63) is 54.8 Å². The summed E-state index contributed by atoms with van der Waals surface area (Å²) in [5.41, 5.74) is 4.43. The Hall–Kier alpha value is -3.09. The van der Waals surface area contributed by atoms with E-state index in [2.05, 4.69) is 25.1 Å². The van der Waals surface area contributed by atoms with Crippen molar-refractivity contribution in [2.24, 2.45) is 0 Å². The first kappa shape index (κ1) is 12.6. The first-order valence-electron chi connectivity index (χ1n) is 6.86. The summed E-state index contributed by atoms with van der Waals surface area (Å²) in [5.74, 6) is 0.749. The minimum atomic E-state index is 0.749. The van der Waals surface area contributed by atoms with Gasteiger partial charge in [0.1, 0.15) is 11.5 Å². The van der Waals surface area contributed by atoms with Crippen molar-refractivity contribution in [1.82, 2.24) is 34.3 Å². The number of nitrogens with zero attached hydrogens (tertiary/aromatic N) is 7. The van der Waals surface area contributed by atoms with Crippen molar-refractivity contribution < 1.29 is 0 Å². The Morgan fingerprint density at radius 1 is 0.909 bits per heavy atom. The van der Waals surface area contributed by atoms with E-state index in [1.54, 1.807) is 34.0 Å². The molecule has 7 heteroatoms. The molecule has 0 aromatic carbocycles. The third-order valence-corrected chi connectivity index (χ3v) is 3.43. The molecular weight excluding hydrogens is 278 g/mol. The van der Waals surface area contributed by atoms with Crippen LogP contribution >= 0.6 is 0 Å². The van der Waals surface area contributed by atoms with E-state index in [4.69, 9.17) is 0 Å². The van der Waals surface area contributed by atoms with Crippen molar-refractivity contribution in [2.75, 3.05) is 0 Å². The van der Waals surface area contributed by atoms with Gasteiger partial charge in [-0.25, -0.2) is 24.1 Å². The first-order chi connectivity index (χ1) is 10.7. The molecule has 0 spiro atoms. The highest BCUT2D eigenvalue weighted by Crippen LogP contribution is 2.20. The van der Waals surface area contributed by atoms with Crippen LogP contribution in [0.2, 0.25) is 0 Å². The Morgan fingerprint density at radius 3 is 2.55 bits per heavy atom. The maximum absolute atomic E-state index is 4.52. The third kappa shape index (κ3) is 2.03. The number of hydrogen-bond acceptors (Lipinski definition) is 5. The van der Waals surface area contributed by atoms with E-state index >= 15 is 0 Å². The number of aromatic nitrogens is 7. The Labute approximate surface area is 126 Å². The molecule has 0 unspecified atom stereocenters. The lowest BCUT2D eigenvalue weighted by atomic mass is 10.2. The maximum atomic E-state index is 4.52. The van der Waals surface area contributed by atoms with Gasteiger partial charge in [-0.3, -0.25) is 0 Å². The van der Waals surface area contributed by atoms with E-state index < -0.39 is 0 Å². The fraction of sp³-hybridized carbons (Fsp3) is 0.133. The fourth-order valence-electron chi connectivity index (χ4n) is 2.25. The second-order valence-electron chi connectivity index (χ2n) is 5.06. The van der Waals surface area contributed by atoms with Crippen molar-refractivity contribution >= 4 is 5.65 Å². The highest BCUT2D eigenvalue weighted by atomic mass is 15.3. The number of fused-ring (bicyclic) bond motifs is 1.